The molecule has 0 spiro atoms. The summed E-state index contributed by atoms with van der Waals surface area (Å²) in [6.07, 6.45) is 43.9. The van der Waals surface area contributed by atoms with Gasteiger partial charge in [0, 0.05) is 6.42 Å². The maximum Gasteiger partial charge on any atom is 0.220 e. The van der Waals surface area contributed by atoms with Gasteiger partial charge in [0.1, 0.15) is 0 Å². The lowest BCUT2D eigenvalue weighted by Gasteiger charge is -2.19. The van der Waals surface area contributed by atoms with E-state index in [1.54, 1.807) is 6.08 Å². The Morgan fingerprint density at radius 1 is 0.571 bits per heavy atom. The summed E-state index contributed by atoms with van der Waals surface area (Å²) in [5, 5.41) is 22.7. The van der Waals surface area contributed by atoms with Crippen molar-refractivity contribution >= 4 is 5.91 Å². The summed E-state index contributed by atoms with van der Waals surface area (Å²) < 4.78 is 0. The Labute approximate surface area is 261 Å². The summed E-state index contributed by atoms with van der Waals surface area (Å²) in [6, 6.07) is -0.650. The Balaban J connectivity index is 3.58. The Hall–Kier alpha value is -1.39. The van der Waals surface area contributed by atoms with Crippen LogP contribution < -0.4 is 5.32 Å². The third-order valence-electron chi connectivity index (χ3n) is 8.15. The van der Waals surface area contributed by atoms with Gasteiger partial charge in [0.15, 0.2) is 0 Å². The van der Waals surface area contributed by atoms with E-state index in [1.807, 2.05) is 12.2 Å². The van der Waals surface area contributed by atoms with Crippen molar-refractivity contribution in [2.24, 2.45) is 0 Å². The van der Waals surface area contributed by atoms with E-state index in [0.29, 0.717) is 6.42 Å². The van der Waals surface area contributed by atoms with Crippen LogP contribution in [0.1, 0.15) is 181 Å². The maximum absolute atomic E-state index is 12.3. The van der Waals surface area contributed by atoms with Crippen LogP contribution in [-0.2, 0) is 4.79 Å². The lowest BCUT2D eigenvalue weighted by Crippen LogP contribution is -2.45. The van der Waals surface area contributed by atoms with Crippen LogP contribution >= 0.6 is 0 Å². The fourth-order valence-electron chi connectivity index (χ4n) is 5.29. The van der Waals surface area contributed by atoms with Crippen molar-refractivity contribution in [2.75, 3.05) is 6.61 Å². The molecule has 0 aromatic heterocycles. The maximum atomic E-state index is 12.3. The molecule has 0 saturated heterocycles. The van der Waals surface area contributed by atoms with E-state index in [-0.39, 0.29) is 12.5 Å². The van der Waals surface area contributed by atoms with Crippen LogP contribution in [0.5, 0.6) is 0 Å². The van der Waals surface area contributed by atoms with Gasteiger partial charge >= 0.3 is 0 Å². The topological polar surface area (TPSA) is 69.6 Å². The number of hydrogen-bond acceptors (Lipinski definition) is 3. The van der Waals surface area contributed by atoms with E-state index in [9.17, 15) is 15.0 Å². The standard InChI is InChI=1S/C38H71NO3/c1-3-5-7-9-11-13-14-15-16-17-18-19-20-21-22-23-24-26-28-30-32-34-38(42)39-36(35-40)37(41)33-31-29-27-25-12-10-8-6-4-2/h15-16,27,29,31,33,36-37,40-41H,3-14,17-26,28,30,32,34-35H2,1-2H3,(H,39,42)/b16-15-,29-27+,33-31+/t36-,37+/m0/s1. The molecule has 3 N–H and O–H groups in total. The van der Waals surface area contributed by atoms with Gasteiger partial charge in [-0.1, -0.05) is 166 Å². The highest BCUT2D eigenvalue weighted by atomic mass is 16.3. The second-order valence-corrected chi connectivity index (χ2v) is 12.3. The van der Waals surface area contributed by atoms with Gasteiger partial charge in [0.25, 0.3) is 0 Å². The molecule has 4 heteroatoms. The lowest BCUT2D eigenvalue weighted by atomic mass is 10.0. The summed E-state index contributed by atoms with van der Waals surface area (Å²) in [6.45, 7) is 4.23. The summed E-state index contributed by atoms with van der Waals surface area (Å²) in [5.41, 5.74) is 0. The monoisotopic (exact) mass is 590 g/mol. The SMILES string of the molecule is CCCCCCC/C=C/C=C/[C@@H](O)[C@H](CO)NC(=O)CCCCCCCCCCCCC/C=C\CCCCCCCC. The predicted octanol–water partition coefficient (Wildman–Crippen LogP) is 10.7. The molecule has 0 radical (unpaired) electrons. The van der Waals surface area contributed by atoms with Gasteiger partial charge in [0.05, 0.1) is 18.8 Å². The van der Waals surface area contributed by atoms with Gasteiger partial charge in [-0.25, -0.2) is 0 Å². The Bertz CT molecular complexity index is 642. The van der Waals surface area contributed by atoms with E-state index >= 15 is 0 Å². The van der Waals surface area contributed by atoms with E-state index in [1.165, 1.54) is 141 Å². The predicted molar refractivity (Wildman–Crippen MR) is 184 cm³/mol. The molecular formula is C38H71NO3. The summed E-state index contributed by atoms with van der Waals surface area (Å²) in [4.78, 5) is 12.3. The molecular weight excluding hydrogens is 518 g/mol. The highest BCUT2D eigenvalue weighted by Gasteiger charge is 2.17. The van der Waals surface area contributed by atoms with E-state index in [0.717, 1.165) is 19.3 Å². The molecule has 0 aliphatic heterocycles. The van der Waals surface area contributed by atoms with E-state index in [2.05, 4.69) is 37.4 Å². The van der Waals surface area contributed by atoms with E-state index in [4.69, 9.17) is 0 Å². The largest absolute Gasteiger partial charge is 0.394 e. The molecule has 0 heterocycles. The Morgan fingerprint density at radius 2 is 0.976 bits per heavy atom. The highest BCUT2D eigenvalue weighted by molar-refractivity contribution is 5.76. The first-order valence-corrected chi connectivity index (χ1v) is 18.2. The van der Waals surface area contributed by atoms with Crippen molar-refractivity contribution in [1.29, 1.82) is 0 Å². The van der Waals surface area contributed by atoms with Gasteiger partial charge in [-0.15, -0.1) is 0 Å². The number of aliphatic hydroxyl groups is 2. The molecule has 2 atom stereocenters. The van der Waals surface area contributed by atoms with Crippen LogP contribution in [0, 0.1) is 0 Å². The third-order valence-corrected chi connectivity index (χ3v) is 8.15. The van der Waals surface area contributed by atoms with Gasteiger partial charge in [0.2, 0.25) is 5.91 Å². The molecule has 0 fully saturated rings. The summed E-state index contributed by atoms with van der Waals surface area (Å²) in [7, 11) is 0. The average molecular weight is 590 g/mol. The minimum Gasteiger partial charge on any atom is -0.394 e. The van der Waals surface area contributed by atoms with Crippen molar-refractivity contribution in [3.63, 3.8) is 0 Å². The van der Waals surface area contributed by atoms with Gasteiger partial charge in [-0.3, -0.25) is 4.79 Å². The minimum atomic E-state index is -0.885. The molecule has 246 valence electrons. The zero-order chi connectivity index (χ0) is 30.8. The Kier molecular flexibility index (Phi) is 33.0. The molecule has 0 rings (SSSR count). The molecule has 4 nitrogen and oxygen atoms in total. The van der Waals surface area contributed by atoms with Crippen LogP contribution in [0.15, 0.2) is 36.5 Å². The number of unbranched alkanes of at least 4 members (excludes halogenated alkanes) is 22. The Morgan fingerprint density at radius 3 is 1.43 bits per heavy atom. The van der Waals surface area contributed by atoms with Crippen LogP contribution in [0.2, 0.25) is 0 Å². The first-order valence-electron chi connectivity index (χ1n) is 18.2. The van der Waals surface area contributed by atoms with Crippen LogP contribution in [0.3, 0.4) is 0 Å². The second-order valence-electron chi connectivity index (χ2n) is 12.3. The molecule has 0 aromatic rings. The number of rotatable bonds is 32. The highest BCUT2D eigenvalue weighted by Crippen LogP contribution is 2.13. The quantitative estimate of drug-likeness (QED) is 0.0415. The van der Waals surface area contributed by atoms with Crippen molar-refractivity contribution in [1.82, 2.24) is 5.32 Å². The van der Waals surface area contributed by atoms with Crippen LogP contribution in [-0.4, -0.2) is 34.9 Å². The summed E-state index contributed by atoms with van der Waals surface area (Å²) >= 11 is 0. The first kappa shape index (κ1) is 40.6. The van der Waals surface area contributed by atoms with Crippen LogP contribution in [0.25, 0.3) is 0 Å². The van der Waals surface area contributed by atoms with Gasteiger partial charge < -0.3 is 15.5 Å². The number of allylic oxidation sites excluding steroid dienone is 5. The number of carbonyl (C=O) groups is 1. The van der Waals surface area contributed by atoms with Crippen LogP contribution in [0.4, 0.5) is 0 Å². The minimum absolute atomic E-state index is 0.0857. The molecule has 42 heavy (non-hydrogen) atoms. The van der Waals surface area contributed by atoms with Crippen molar-refractivity contribution in [2.45, 2.75) is 193 Å². The third kappa shape index (κ3) is 30.1. The molecule has 1 amide bonds. The van der Waals surface area contributed by atoms with Gasteiger partial charge in [-0.05, 0) is 44.9 Å². The smallest absolute Gasteiger partial charge is 0.220 e. The number of nitrogens with one attached hydrogen (secondary N) is 1. The zero-order valence-electron chi connectivity index (χ0n) is 28.0. The number of aliphatic hydroxyl groups excluding tert-OH is 2. The van der Waals surface area contributed by atoms with Gasteiger partial charge in [-0.2, -0.15) is 0 Å². The molecule has 0 unspecified atom stereocenters. The average Bonchev–Trinajstić information content (AvgIpc) is 2.99. The number of carbonyl (C=O) groups excluding carboxylic acids is 1. The lowest BCUT2D eigenvalue weighted by molar-refractivity contribution is -0.123. The normalized spacial score (nSPS) is 13.5. The second kappa shape index (κ2) is 34.1. The number of amides is 1. The molecule has 0 aliphatic rings. The molecule has 0 bridgehead atoms. The van der Waals surface area contributed by atoms with E-state index < -0.39 is 12.1 Å². The fraction of sp³-hybridized carbons (Fsp3) is 0.816. The van der Waals surface area contributed by atoms with Crippen molar-refractivity contribution in [3.05, 3.63) is 36.5 Å². The van der Waals surface area contributed by atoms with Crippen molar-refractivity contribution < 1.29 is 15.0 Å². The molecule has 0 saturated carbocycles. The molecule has 0 aromatic carbocycles. The molecule has 0 aliphatic carbocycles. The van der Waals surface area contributed by atoms with Crippen molar-refractivity contribution in [3.8, 4) is 0 Å². The summed E-state index contributed by atoms with van der Waals surface area (Å²) in [5.74, 6) is -0.0857. The first-order chi connectivity index (χ1) is 20.7. The number of hydrogen-bond donors (Lipinski definition) is 3. The zero-order valence-corrected chi connectivity index (χ0v) is 28.0. The fourth-order valence-corrected chi connectivity index (χ4v) is 5.29.